The fourth-order valence-electron chi connectivity index (χ4n) is 4.67. The maximum absolute atomic E-state index is 13.3. The molecular weight excluding hydrogens is 450 g/mol. The zero-order chi connectivity index (χ0) is 24.6. The van der Waals surface area contributed by atoms with Crippen molar-refractivity contribution in [1.29, 1.82) is 0 Å². The Labute approximate surface area is 204 Å². The second-order valence-corrected chi connectivity index (χ2v) is 8.79. The van der Waals surface area contributed by atoms with Gasteiger partial charge in [-0.3, -0.25) is 19.8 Å². The van der Waals surface area contributed by atoms with Gasteiger partial charge in [0.15, 0.2) is 0 Å². The summed E-state index contributed by atoms with van der Waals surface area (Å²) in [4.78, 5) is 46.1. The summed E-state index contributed by atoms with van der Waals surface area (Å²) in [6.45, 7) is 1.96. The average molecular weight is 482 g/mol. The average Bonchev–Trinajstić information content (AvgIpc) is 2.92. The molecule has 10 heteroatoms. The highest BCUT2D eigenvalue weighted by Gasteiger charge is 2.28. The summed E-state index contributed by atoms with van der Waals surface area (Å²) >= 11 is 0. The van der Waals surface area contributed by atoms with Crippen LogP contribution in [0, 0.1) is 0 Å². The van der Waals surface area contributed by atoms with Crippen molar-refractivity contribution < 1.29 is 24.3 Å². The van der Waals surface area contributed by atoms with E-state index >= 15 is 0 Å². The number of hydroxylamine groups is 1. The van der Waals surface area contributed by atoms with E-state index in [1.54, 1.807) is 10.4 Å². The molecule has 4 rings (SSSR count). The molecule has 2 heterocycles. The van der Waals surface area contributed by atoms with E-state index in [9.17, 15) is 19.6 Å². The van der Waals surface area contributed by atoms with Gasteiger partial charge >= 0.3 is 6.09 Å². The van der Waals surface area contributed by atoms with Crippen molar-refractivity contribution in [3.63, 3.8) is 0 Å². The van der Waals surface area contributed by atoms with Gasteiger partial charge in [-0.25, -0.2) is 10.3 Å². The van der Waals surface area contributed by atoms with Gasteiger partial charge in [-0.05, 0) is 31.0 Å². The number of carbonyl (C=O) groups is 3. The zero-order valence-electron chi connectivity index (χ0n) is 19.6. The van der Waals surface area contributed by atoms with Gasteiger partial charge in [-0.1, -0.05) is 37.5 Å². The first-order valence-electron chi connectivity index (χ1n) is 12.0. The fourth-order valence-corrected chi connectivity index (χ4v) is 4.67. The molecule has 1 aromatic heterocycles. The number of carbonyl (C=O) groups excluding carboxylic acids is 3. The second-order valence-electron chi connectivity index (χ2n) is 8.79. The predicted molar refractivity (Wildman–Crippen MR) is 128 cm³/mol. The number of pyridine rings is 1. The van der Waals surface area contributed by atoms with Crippen LogP contribution in [0.4, 0.5) is 10.5 Å². The number of hydrogen-bond acceptors (Lipinski definition) is 7. The topological polar surface area (TPSA) is 124 Å². The van der Waals surface area contributed by atoms with Crippen LogP contribution in [0.1, 0.15) is 58.5 Å². The number of amides is 3. The minimum absolute atomic E-state index is 0.0758. The van der Waals surface area contributed by atoms with Gasteiger partial charge in [0.25, 0.3) is 11.8 Å². The first kappa shape index (κ1) is 24.5. The Kier molecular flexibility index (Phi) is 8.15. The Balaban J connectivity index is 1.43. The molecule has 186 valence electrons. The van der Waals surface area contributed by atoms with Gasteiger partial charge in [-0.15, -0.1) is 0 Å². The van der Waals surface area contributed by atoms with E-state index in [4.69, 9.17) is 4.74 Å². The highest BCUT2D eigenvalue weighted by molar-refractivity contribution is 6.07. The van der Waals surface area contributed by atoms with Gasteiger partial charge < -0.3 is 19.9 Å². The number of ether oxygens (including phenoxy) is 1. The van der Waals surface area contributed by atoms with Crippen LogP contribution in [-0.4, -0.2) is 65.2 Å². The van der Waals surface area contributed by atoms with Crippen molar-refractivity contribution in [3.05, 3.63) is 59.4 Å². The number of alkyl carbamates (subject to hydrolysis) is 1. The van der Waals surface area contributed by atoms with Crippen LogP contribution in [0.15, 0.2) is 42.6 Å². The van der Waals surface area contributed by atoms with Gasteiger partial charge in [0, 0.05) is 44.1 Å². The van der Waals surface area contributed by atoms with Crippen LogP contribution in [-0.2, 0) is 11.3 Å². The lowest BCUT2D eigenvalue weighted by Crippen LogP contribution is -2.49. The summed E-state index contributed by atoms with van der Waals surface area (Å²) in [7, 11) is 0. The molecular formula is C25H31N5O5. The lowest BCUT2D eigenvalue weighted by atomic mass is 9.96. The molecule has 0 spiro atoms. The standard InChI is InChI=1S/C25H31N5O5/c31-23(28-34)22-20(24(32)30-15-13-29(14-16-30)19-9-5-2-6-10-19)11-12-26-21(22)17-35-25(33)27-18-7-3-1-4-8-18/h2,5-6,9-12,18,34H,1,3-4,7-8,13-17H2,(H,27,33)(H,28,31). The first-order chi connectivity index (χ1) is 17.1. The molecule has 3 amide bonds. The monoisotopic (exact) mass is 481 g/mol. The molecule has 0 atom stereocenters. The van der Waals surface area contributed by atoms with Gasteiger partial charge in [0.1, 0.15) is 6.61 Å². The fraction of sp³-hybridized carbons (Fsp3) is 0.440. The summed E-state index contributed by atoms with van der Waals surface area (Å²) in [6.07, 6.45) is 5.93. The normalized spacial score (nSPS) is 16.5. The number of nitrogens with one attached hydrogen (secondary N) is 2. The summed E-state index contributed by atoms with van der Waals surface area (Å²) in [5, 5.41) is 12.1. The van der Waals surface area contributed by atoms with Gasteiger partial charge in [0.2, 0.25) is 0 Å². The molecule has 0 radical (unpaired) electrons. The number of hydrogen-bond donors (Lipinski definition) is 3. The smallest absolute Gasteiger partial charge is 0.407 e. The summed E-state index contributed by atoms with van der Waals surface area (Å²) in [5.41, 5.74) is 2.78. The first-order valence-corrected chi connectivity index (χ1v) is 12.0. The third-order valence-electron chi connectivity index (χ3n) is 6.54. The van der Waals surface area contributed by atoms with Crippen molar-refractivity contribution >= 4 is 23.6 Å². The second kappa shape index (κ2) is 11.7. The van der Waals surface area contributed by atoms with E-state index in [1.807, 2.05) is 30.3 Å². The number of nitrogens with zero attached hydrogens (tertiary/aromatic N) is 3. The molecule has 10 nitrogen and oxygen atoms in total. The third kappa shape index (κ3) is 6.07. The Bertz CT molecular complexity index is 1030. The molecule has 0 unspecified atom stereocenters. The van der Waals surface area contributed by atoms with Crippen molar-refractivity contribution in [1.82, 2.24) is 20.7 Å². The maximum Gasteiger partial charge on any atom is 0.407 e. The number of para-hydroxylation sites is 1. The molecule has 1 saturated carbocycles. The molecule has 1 aromatic carbocycles. The van der Waals surface area contributed by atoms with Crippen molar-refractivity contribution in [2.45, 2.75) is 44.8 Å². The van der Waals surface area contributed by atoms with Crippen molar-refractivity contribution in [3.8, 4) is 0 Å². The largest absolute Gasteiger partial charge is 0.443 e. The molecule has 2 aliphatic rings. The van der Waals surface area contributed by atoms with Crippen molar-refractivity contribution in [2.24, 2.45) is 0 Å². The molecule has 1 saturated heterocycles. The molecule has 2 fully saturated rings. The highest BCUT2D eigenvalue weighted by atomic mass is 16.5. The Morgan fingerprint density at radius 2 is 1.71 bits per heavy atom. The minimum atomic E-state index is -0.879. The van der Waals surface area contributed by atoms with Gasteiger partial charge in [-0.2, -0.15) is 0 Å². The lowest BCUT2D eigenvalue weighted by Gasteiger charge is -2.36. The minimum Gasteiger partial charge on any atom is -0.443 e. The number of rotatable bonds is 6. The van der Waals surface area contributed by atoms with E-state index in [-0.39, 0.29) is 35.4 Å². The van der Waals surface area contributed by atoms with Crippen LogP contribution < -0.4 is 15.7 Å². The molecule has 1 aliphatic carbocycles. The van der Waals surface area contributed by atoms with Crippen LogP contribution in [0.2, 0.25) is 0 Å². The lowest BCUT2D eigenvalue weighted by molar-refractivity contribution is 0.0679. The predicted octanol–water partition coefficient (Wildman–Crippen LogP) is 2.72. The summed E-state index contributed by atoms with van der Waals surface area (Å²) in [6, 6.07) is 11.5. The number of piperazine rings is 1. The maximum atomic E-state index is 13.3. The zero-order valence-corrected chi connectivity index (χ0v) is 19.6. The third-order valence-corrected chi connectivity index (χ3v) is 6.54. The van der Waals surface area contributed by atoms with Crippen LogP contribution >= 0.6 is 0 Å². The Morgan fingerprint density at radius 3 is 2.40 bits per heavy atom. The van der Waals surface area contributed by atoms with Crippen LogP contribution in [0.25, 0.3) is 0 Å². The van der Waals surface area contributed by atoms with E-state index in [0.717, 1.165) is 31.4 Å². The number of benzene rings is 1. The van der Waals surface area contributed by atoms with E-state index in [0.29, 0.717) is 26.2 Å². The van der Waals surface area contributed by atoms with E-state index in [1.165, 1.54) is 18.7 Å². The molecule has 35 heavy (non-hydrogen) atoms. The van der Waals surface area contributed by atoms with Crippen LogP contribution in [0.5, 0.6) is 0 Å². The van der Waals surface area contributed by atoms with Gasteiger partial charge in [0.05, 0.1) is 16.8 Å². The van der Waals surface area contributed by atoms with E-state index < -0.39 is 12.0 Å². The molecule has 1 aliphatic heterocycles. The SMILES string of the molecule is O=C(NC1CCCCC1)OCc1nccc(C(=O)N2CCN(c3ccccc3)CC2)c1C(=O)NO. The highest BCUT2D eigenvalue weighted by Crippen LogP contribution is 2.21. The molecule has 2 aromatic rings. The quantitative estimate of drug-likeness (QED) is 0.428. The summed E-state index contributed by atoms with van der Waals surface area (Å²) < 4.78 is 5.30. The molecule has 3 N–H and O–H groups in total. The van der Waals surface area contributed by atoms with E-state index in [2.05, 4.69) is 15.2 Å². The number of anilines is 1. The Morgan fingerprint density at radius 1 is 1.00 bits per heavy atom. The summed E-state index contributed by atoms with van der Waals surface area (Å²) in [5.74, 6) is -1.22. The van der Waals surface area contributed by atoms with Crippen molar-refractivity contribution in [2.75, 3.05) is 31.1 Å². The van der Waals surface area contributed by atoms with Crippen LogP contribution in [0.3, 0.4) is 0 Å². The number of aromatic nitrogens is 1. The molecule has 0 bridgehead atoms. The Hall–Kier alpha value is -3.66.